The SMILES string of the molecule is CCCS(=O)(=O)N1CCC(CNC(=O)Cc2ccccc2Br)(c2ccccc2)CC1. The Morgan fingerprint density at radius 2 is 1.70 bits per heavy atom. The smallest absolute Gasteiger partial charge is 0.224 e. The Kier molecular flexibility index (Phi) is 7.71. The summed E-state index contributed by atoms with van der Waals surface area (Å²) in [6.45, 7) is 3.35. The highest BCUT2D eigenvalue weighted by Crippen LogP contribution is 2.36. The Balaban J connectivity index is 1.72. The van der Waals surface area contributed by atoms with Gasteiger partial charge in [0.25, 0.3) is 0 Å². The molecule has 0 aromatic heterocycles. The number of rotatable bonds is 8. The van der Waals surface area contributed by atoms with Crippen LogP contribution in [0, 0.1) is 0 Å². The third-order valence-corrected chi connectivity index (χ3v) is 8.70. The molecule has 0 saturated carbocycles. The molecule has 1 amide bonds. The Morgan fingerprint density at radius 1 is 1.07 bits per heavy atom. The van der Waals surface area contributed by atoms with E-state index in [1.807, 2.05) is 49.4 Å². The second-order valence-corrected chi connectivity index (χ2v) is 10.8. The molecular formula is C23H29BrN2O3S. The molecule has 3 rings (SSSR count). The van der Waals surface area contributed by atoms with E-state index < -0.39 is 10.0 Å². The molecule has 0 aliphatic carbocycles. The van der Waals surface area contributed by atoms with Crippen LogP contribution in [0.2, 0.25) is 0 Å². The van der Waals surface area contributed by atoms with Crippen LogP contribution < -0.4 is 5.32 Å². The lowest BCUT2D eigenvalue weighted by molar-refractivity contribution is -0.120. The van der Waals surface area contributed by atoms with Gasteiger partial charge in [-0.2, -0.15) is 0 Å². The summed E-state index contributed by atoms with van der Waals surface area (Å²) in [6.07, 6.45) is 2.31. The van der Waals surface area contributed by atoms with Crippen LogP contribution in [0.15, 0.2) is 59.1 Å². The van der Waals surface area contributed by atoms with E-state index in [0.29, 0.717) is 45.3 Å². The lowest BCUT2D eigenvalue weighted by Crippen LogP contribution is -2.50. The second kappa shape index (κ2) is 10.1. The van der Waals surface area contributed by atoms with Crippen molar-refractivity contribution in [2.24, 2.45) is 0 Å². The number of carbonyl (C=O) groups excluding carboxylic acids is 1. The molecule has 1 aliphatic rings. The Labute approximate surface area is 188 Å². The van der Waals surface area contributed by atoms with Crippen molar-refractivity contribution in [3.8, 4) is 0 Å². The summed E-state index contributed by atoms with van der Waals surface area (Å²) < 4.78 is 27.5. The molecule has 2 aromatic rings. The van der Waals surface area contributed by atoms with Gasteiger partial charge < -0.3 is 5.32 Å². The topological polar surface area (TPSA) is 66.5 Å². The van der Waals surface area contributed by atoms with Crippen LogP contribution in [0.25, 0.3) is 0 Å². The van der Waals surface area contributed by atoms with Crippen molar-refractivity contribution in [2.75, 3.05) is 25.4 Å². The Morgan fingerprint density at radius 3 is 2.33 bits per heavy atom. The van der Waals surface area contributed by atoms with Gasteiger partial charge in [-0.3, -0.25) is 4.79 Å². The number of sulfonamides is 1. The number of carbonyl (C=O) groups is 1. The third-order valence-electron chi connectivity index (χ3n) is 5.85. The van der Waals surface area contributed by atoms with Crippen LogP contribution in [0.1, 0.15) is 37.3 Å². The predicted octanol–water partition coefficient (Wildman–Crippen LogP) is 3.88. The highest BCUT2D eigenvalue weighted by atomic mass is 79.9. The monoisotopic (exact) mass is 492 g/mol. The van der Waals surface area contributed by atoms with E-state index in [1.165, 1.54) is 0 Å². The van der Waals surface area contributed by atoms with Gasteiger partial charge in [-0.1, -0.05) is 71.4 Å². The zero-order valence-corrected chi connectivity index (χ0v) is 19.7. The first-order valence-electron chi connectivity index (χ1n) is 10.4. The number of hydrogen-bond acceptors (Lipinski definition) is 3. The fourth-order valence-corrected chi connectivity index (χ4v) is 6.02. The zero-order chi connectivity index (χ0) is 21.6. The predicted molar refractivity (Wildman–Crippen MR) is 124 cm³/mol. The van der Waals surface area contributed by atoms with Crippen molar-refractivity contribution in [1.82, 2.24) is 9.62 Å². The maximum atomic E-state index is 12.7. The van der Waals surface area contributed by atoms with Crippen molar-refractivity contribution in [3.05, 3.63) is 70.2 Å². The van der Waals surface area contributed by atoms with E-state index in [2.05, 4.69) is 33.4 Å². The van der Waals surface area contributed by atoms with Crippen LogP contribution in [-0.4, -0.2) is 44.0 Å². The molecule has 2 aromatic carbocycles. The molecule has 0 spiro atoms. The van der Waals surface area contributed by atoms with Gasteiger partial charge in [0.15, 0.2) is 0 Å². The molecule has 1 N–H and O–H groups in total. The highest BCUT2D eigenvalue weighted by Gasteiger charge is 2.39. The van der Waals surface area contributed by atoms with Crippen molar-refractivity contribution < 1.29 is 13.2 Å². The molecule has 0 radical (unpaired) electrons. The van der Waals surface area contributed by atoms with Crippen molar-refractivity contribution >= 4 is 31.9 Å². The third kappa shape index (κ3) is 5.50. The summed E-state index contributed by atoms with van der Waals surface area (Å²) in [5, 5.41) is 3.12. The Bertz CT molecular complexity index is 955. The molecule has 0 bridgehead atoms. The zero-order valence-electron chi connectivity index (χ0n) is 17.3. The van der Waals surface area contributed by atoms with E-state index in [4.69, 9.17) is 0 Å². The van der Waals surface area contributed by atoms with Crippen molar-refractivity contribution in [2.45, 2.75) is 38.0 Å². The van der Waals surface area contributed by atoms with Gasteiger partial charge in [-0.25, -0.2) is 12.7 Å². The largest absolute Gasteiger partial charge is 0.355 e. The summed E-state index contributed by atoms with van der Waals surface area (Å²) in [5.41, 5.74) is 1.84. The van der Waals surface area contributed by atoms with Crippen LogP contribution >= 0.6 is 15.9 Å². The average molecular weight is 493 g/mol. The van der Waals surface area contributed by atoms with Crippen molar-refractivity contribution in [1.29, 1.82) is 0 Å². The van der Waals surface area contributed by atoms with Gasteiger partial charge in [0, 0.05) is 29.5 Å². The fraction of sp³-hybridized carbons (Fsp3) is 0.435. The van der Waals surface area contributed by atoms with Gasteiger partial charge in [-0.05, 0) is 36.5 Å². The molecule has 5 nitrogen and oxygen atoms in total. The molecule has 162 valence electrons. The molecule has 1 heterocycles. The van der Waals surface area contributed by atoms with Gasteiger partial charge in [0.05, 0.1) is 12.2 Å². The molecule has 1 saturated heterocycles. The lowest BCUT2D eigenvalue weighted by Gasteiger charge is -2.42. The second-order valence-electron chi connectivity index (χ2n) is 7.91. The minimum Gasteiger partial charge on any atom is -0.355 e. The minimum absolute atomic E-state index is 0.0294. The number of nitrogens with one attached hydrogen (secondary N) is 1. The van der Waals surface area contributed by atoms with Gasteiger partial charge >= 0.3 is 0 Å². The van der Waals surface area contributed by atoms with Crippen molar-refractivity contribution in [3.63, 3.8) is 0 Å². The van der Waals surface area contributed by atoms with E-state index in [-0.39, 0.29) is 17.1 Å². The maximum absolute atomic E-state index is 12.7. The van der Waals surface area contributed by atoms with E-state index >= 15 is 0 Å². The molecule has 1 fully saturated rings. The number of benzene rings is 2. The first-order chi connectivity index (χ1) is 14.4. The summed E-state index contributed by atoms with van der Waals surface area (Å²) in [7, 11) is -3.20. The molecule has 0 unspecified atom stereocenters. The van der Waals surface area contributed by atoms with Gasteiger partial charge in [0.1, 0.15) is 0 Å². The van der Waals surface area contributed by atoms with Crippen LogP contribution in [0.3, 0.4) is 0 Å². The lowest BCUT2D eigenvalue weighted by atomic mass is 9.73. The van der Waals surface area contributed by atoms with Crippen LogP contribution in [-0.2, 0) is 26.7 Å². The summed E-state index contributed by atoms with van der Waals surface area (Å²) in [5.74, 6) is 0.159. The summed E-state index contributed by atoms with van der Waals surface area (Å²) in [4.78, 5) is 12.7. The average Bonchev–Trinajstić information content (AvgIpc) is 2.75. The number of nitrogens with zero attached hydrogens (tertiary/aromatic N) is 1. The number of amides is 1. The number of hydrogen-bond donors (Lipinski definition) is 1. The highest BCUT2D eigenvalue weighted by molar-refractivity contribution is 9.10. The van der Waals surface area contributed by atoms with Gasteiger partial charge in [-0.15, -0.1) is 0 Å². The molecule has 7 heteroatoms. The molecule has 30 heavy (non-hydrogen) atoms. The van der Waals surface area contributed by atoms with Gasteiger partial charge in [0.2, 0.25) is 15.9 Å². The van der Waals surface area contributed by atoms with E-state index in [0.717, 1.165) is 15.6 Å². The minimum atomic E-state index is -3.20. The molecular weight excluding hydrogens is 464 g/mol. The number of piperidine rings is 1. The maximum Gasteiger partial charge on any atom is 0.224 e. The quantitative estimate of drug-likeness (QED) is 0.607. The molecule has 0 atom stereocenters. The Hall–Kier alpha value is -1.70. The number of halogens is 1. The van der Waals surface area contributed by atoms with Crippen LogP contribution in [0.4, 0.5) is 0 Å². The van der Waals surface area contributed by atoms with Crippen LogP contribution in [0.5, 0.6) is 0 Å². The first kappa shape index (κ1) is 23.0. The standard InChI is InChI=1S/C23H29BrN2O3S/c1-2-16-30(28,29)26-14-12-23(13-15-26,20-9-4-3-5-10-20)18-25-22(27)17-19-8-6-7-11-21(19)24/h3-11H,2,12-18H2,1H3,(H,25,27). The summed E-state index contributed by atoms with van der Waals surface area (Å²) >= 11 is 3.50. The fourth-order valence-electron chi connectivity index (χ4n) is 4.08. The van der Waals surface area contributed by atoms with E-state index in [1.54, 1.807) is 4.31 Å². The first-order valence-corrected chi connectivity index (χ1v) is 12.8. The summed E-state index contributed by atoms with van der Waals surface area (Å²) in [6, 6.07) is 17.9. The normalized spacial score (nSPS) is 16.9. The van der Waals surface area contributed by atoms with E-state index in [9.17, 15) is 13.2 Å². The molecule has 1 aliphatic heterocycles.